The van der Waals surface area contributed by atoms with Crippen LogP contribution < -0.4 is 19.7 Å². The van der Waals surface area contributed by atoms with Gasteiger partial charge in [-0.05, 0) is 44.2 Å². The maximum absolute atomic E-state index is 12.7. The van der Waals surface area contributed by atoms with Crippen molar-refractivity contribution < 1.29 is 28.3 Å². The second-order valence-electron chi connectivity index (χ2n) is 7.85. The number of carbonyl (C=O) groups is 3. The second-order valence-corrected chi connectivity index (χ2v) is 8.26. The van der Waals surface area contributed by atoms with Gasteiger partial charge in [-0.3, -0.25) is 19.3 Å². The Morgan fingerprint density at radius 1 is 1.24 bits per heavy atom. The van der Waals surface area contributed by atoms with Gasteiger partial charge in [0.15, 0.2) is 24.7 Å². The first-order chi connectivity index (χ1) is 16.3. The first kappa shape index (κ1) is 23.3. The number of benzene rings is 2. The molecule has 0 aliphatic carbocycles. The number of Topliss-reactive ketones (excluding diaryl/α,β-unsaturated/α-hetero) is 1. The lowest BCUT2D eigenvalue weighted by Gasteiger charge is -2.28. The van der Waals surface area contributed by atoms with Crippen molar-refractivity contribution in [2.75, 3.05) is 18.1 Å². The van der Waals surface area contributed by atoms with Crippen LogP contribution >= 0.6 is 11.6 Å². The van der Waals surface area contributed by atoms with E-state index in [-0.39, 0.29) is 55.0 Å². The number of anilines is 1. The molecule has 4 rings (SSSR count). The van der Waals surface area contributed by atoms with Crippen molar-refractivity contribution in [1.29, 1.82) is 0 Å². The van der Waals surface area contributed by atoms with Crippen molar-refractivity contribution in [3.05, 3.63) is 70.9 Å². The monoisotopic (exact) mass is 483 g/mol. The van der Waals surface area contributed by atoms with Crippen LogP contribution in [0.15, 0.2) is 53.1 Å². The number of oxazole rings is 1. The maximum Gasteiger partial charge on any atom is 0.273 e. The summed E-state index contributed by atoms with van der Waals surface area (Å²) in [5, 5.41) is 3.13. The molecular formula is C24H22ClN3O6. The molecule has 1 aliphatic rings. The highest BCUT2D eigenvalue weighted by molar-refractivity contribution is 6.32. The van der Waals surface area contributed by atoms with Gasteiger partial charge in [0.1, 0.15) is 24.3 Å². The normalized spacial score (nSPS) is 12.8. The minimum Gasteiger partial charge on any atom is -0.484 e. The van der Waals surface area contributed by atoms with Gasteiger partial charge < -0.3 is 19.2 Å². The Kier molecular flexibility index (Phi) is 6.83. The van der Waals surface area contributed by atoms with Crippen molar-refractivity contribution in [2.24, 2.45) is 0 Å². The van der Waals surface area contributed by atoms with Crippen LogP contribution in [-0.2, 0) is 11.3 Å². The molecule has 3 aromatic rings. The summed E-state index contributed by atoms with van der Waals surface area (Å²) in [7, 11) is 0. The summed E-state index contributed by atoms with van der Waals surface area (Å²) in [4.78, 5) is 43.1. The number of aromatic nitrogens is 1. The SMILES string of the molecule is CC(C)NC(=O)c1coc(CN2C(=O)COc3ccc(C(=O)COc4ccccc4Cl)cc32)n1. The van der Waals surface area contributed by atoms with Gasteiger partial charge in [0.2, 0.25) is 5.89 Å². The Morgan fingerprint density at radius 3 is 2.79 bits per heavy atom. The van der Waals surface area contributed by atoms with Gasteiger partial charge in [0.05, 0.1) is 10.7 Å². The van der Waals surface area contributed by atoms with E-state index in [0.717, 1.165) is 0 Å². The highest BCUT2D eigenvalue weighted by Crippen LogP contribution is 2.34. The van der Waals surface area contributed by atoms with Crippen LogP contribution in [0.2, 0.25) is 5.02 Å². The molecule has 176 valence electrons. The van der Waals surface area contributed by atoms with Crippen molar-refractivity contribution in [3.63, 3.8) is 0 Å². The molecule has 0 atom stereocenters. The Labute approximate surface area is 200 Å². The summed E-state index contributed by atoms with van der Waals surface area (Å²) < 4.78 is 16.4. The minimum atomic E-state index is -0.370. The van der Waals surface area contributed by atoms with Crippen LogP contribution in [0.4, 0.5) is 5.69 Å². The largest absolute Gasteiger partial charge is 0.484 e. The minimum absolute atomic E-state index is 0.0298. The fourth-order valence-electron chi connectivity index (χ4n) is 3.30. The zero-order valence-corrected chi connectivity index (χ0v) is 19.3. The van der Waals surface area contributed by atoms with Crippen LogP contribution in [0.5, 0.6) is 11.5 Å². The number of ketones is 1. The van der Waals surface area contributed by atoms with E-state index in [1.807, 2.05) is 13.8 Å². The Hall–Kier alpha value is -3.85. The van der Waals surface area contributed by atoms with E-state index in [1.165, 1.54) is 11.2 Å². The fraction of sp³-hybridized carbons (Fsp3) is 0.250. The van der Waals surface area contributed by atoms with E-state index < -0.39 is 0 Å². The summed E-state index contributed by atoms with van der Waals surface area (Å²) >= 11 is 6.07. The van der Waals surface area contributed by atoms with Gasteiger partial charge in [-0.15, -0.1) is 0 Å². The molecule has 0 unspecified atom stereocenters. The second kappa shape index (κ2) is 9.96. The third kappa shape index (κ3) is 5.20. The number of nitrogens with one attached hydrogen (secondary N) is 1. The smallest absolute Gasteiger partial charge is 0.273 e. The van der Waals surface area contributed by atoms with E-state index in [0.29, 0.717) is 27.8 Å². The molecule has 0 saturated heterocycles. The lowest BCUT2D eigenvalue weighted by Crippen LogP contribution is -2.38. The zero-order valence-electron chi connectivity index (χ0n) is 18.5. The summed E-state index contributed by atoms with van der Waals surface area (Å²) in [6.45, 7) is 3.24. The van der Waals surface area contributed by atoms with E-state index in [1.54, 1.807) is 42.5 Å². The fourth-order valence-corrected chi connectivity index (χ4v) is 3.49. The molecule has 10 heteroatoms. The van der Waals surface area contributed by atoms with Crippen molar-refractivity contribution >= 4 is 34.9 Å². The summed E-state index contributed by atoms with van der Waals surface area (Å²) in [5.41, 5.74) is 0.843. The molecular weight excluding hydrogens is 462 g/mol. The number of nitrogens with zero attached hydrogens (tertiary/aromatic N) is 2. The van der Waals surface area contributed by atoms with E-state index >= 15 is 0 Å². The van der Waals surface area contributed by atoms with Crippen LogP contribution in [0.3, 0.4) is 0 Å². The van der Waals surface area contributed by atoms with Gasteiger partial charge in [-0.2, -0.15) is 0 Å². The topological polar surface area (TPSA) is 111 Å². The number of para-hydroxylation sites is 1. The van der Waals surface area contributed by atoms with Gasteiger partial charge in [0, 0.05) is 11.6 Å². The Balaban J connectivity index is 1.51. The van der Waals surface area contributed by atoms with Crippen LogP contribution in [-0.4, -0.2) is 41.8 Å². The molecule has 9 nitrogen and oxygen atoms in total. The molecule has 0 bridgehead atoms. The predicted octanol–water partition coefficient (Wildman–Crippen LogP) is 3.65. The molecule has 34 heavy (non-hydrogen) atoms. The molecule has 0 spiro atoms. The standard InChI is InChI=1S/C24H22ClN3O6/c1-14(2)26-24(31)17-11-34-22(27-17)10-28-18-9-15(7-8-21(18)33-13-23(28)30)19(29)12-32-20-6-4-3-5-16(20)25/h3-9,11,14H,10,12-13H2,1-2H3,(H,26,31). The highest BCUT2D eigenvalue weighted by Gasteiger charge is 2.28. The summed E-state index contributed by atoms with van der Waals surface area (Å²) in [5.74, 6) is 0.00331. The molecule has 2 heterocycles. The molecule has 0 fully saturated rings. The van der Waals surface area contributed by atoms with E-state index in [2.05, 4.69) is 10.3 Å². The van der Waals surface area contributed by atoms with Gasteiger partial charge in [-0.1, -0.05) is 23.7 Å². The summed E-state index contributed by atoms with van der Waals surface area (Å²) in [6, 6.07) is 11.6. The van der Waals surface area contributed by atoms with Crippen molar-refractivity contribution in [3.8, 4) is 11.5 Å². The third-order valence-corrected chi connectivity index (χ3v) is 5.23. The van der Waals surface area contributed by atoms with E-state index in [9.17, 15) is 14.4 Å². The quantitative estimate of drug-likeness (QED) is 0.487. The molecule has 1 aromatic heterocycles. The number of amides is 2. The average Bonchev–Trinajstić information content (AvgIpc) is 3.28. The number of ether oxygens (including phenoxy) is 2. The van der Waals surface area contributed by atoms with Crippen molar-refractivity contribution in [1.82, 2.24) is 10.3 Å². The number of carbonyl (C=O) groups excluding carboxylic acids is 3. The number of fused-ring (bicyclic) bond motifs is 1. The van der Waals surface area contributed by atoms with Crippen LogP contribution in [0.1, 0.15) is 40.6 Å². The Bertz CT molecular complexity index is 1240. The first-order valence-corrected chi connectivity index (χ1v) is 10.9. The van der Waals surface area contributed by atoms with Gasteiger partial charge in [-0.25, -0.2) is 4.98 Å². The predicted molar refractivity (Wildman–Crippen MR) is 124 cm³/mol. The number of rotatable bonds is 8. The highest BCUT2D eigenvalue weighted by atomic mass is 35.5. The van der Waals surface area contributed by atoms with Gasteiger partial charge in [0.25, 0.3) is 11.8 Å². The molecule has 1 N–H and O–H groups in total. The zero-order chi connectivity index (χ0) is 24.2. The Morgan fingerprint density at radius 2 is 2.03 bits per heavy atom. The first-order valence-electron chi connectivity index (χ1n) is 10.5. The molecule has 1 aliphatic heterocycles. The molecule has 2 amide bonds. The molecule has 2 aromatic carbocycles. The van der Waals surface area contributed by atoms with E-state index in [4.69, 9.17) is 25.5 Å². The average molecular weight is 484 g/mol. The number of hydrogen-bond acceptors (Lipinski definition) is 7. The lowest BCUT2D eigenvalue weighted by molar-refractivity contribution is -0.121. The number of hydrogen-bond donors (Lipinski definition) is 1. The number of halogens is 1. The van der Waals surface area contributed by atoms with Crippen LogP contribution in [0.25, 0.3) is 0 Å². The third-order valence-electron chi connectivity index (χ3n) is 4.92. The van der Waals surface area contributed by atoms with Crippen molar-refractivity contribution in [2.45, 2.75) is 26.4 Å². The lowest BCUT2D eigenvalue weighted by atomic mass is 10.1. The molecule has 0 saturated carbocycles. The summed E-state index contributed by atoms with van der Waals surface area (Å²) in [6.07, 6.45) is 1.24. The van der Waals surface area contributed by atoms with Gasteiger partial charge >= 0.3 is 0 Å². The maximum atomic E-state index is 12.7. The molecule has 0 radical (unpaired) electrons. The van der Waals surface area contributed by atoms with Crippen LogP contribution in [0, 0.1) is 0 Å².